The van der Waals surface area contributed by atoms with Crippen molar-refractivity contribution in [2.75, 3.05) is 6.61 Å². The zero-order valence-corrected chi connectivity index (χ0v) is 5.42. The van der Waals surface area contributed by atoms with Gasteiger partial charge in [-0.25, -0.2) is 4.79 Å². The number of aliphatic hydroxyl groups excluding tert-OH is 1. The molecule has 54 valence electrons. The summed E-state index contributed by atoms with van der Waals surface area (Å²) < 4.78 is 0. The number of nitrogens with one attached hydrogen (secondary N) is 1. The predicted octanol–water partition coefficient (Wildman–Crippen LogP) is -0.574. The average molecular weight is 132 g/mol. The van der Waals surface area contributed by atoms with Crippen molar-refractivity contribution in [1.82, 2.24) is 5.32 Å². The molecule has 0 aliphatic heterocycles. The number of hydrogen-bond donors (Lipinski definition) is 3. The van der Waals surface area contributed by atoms with Crippen LogP contribution in [-0.2, 0) is 0 Å². The topological polar surface area (TPSA) is 75.3 Å². The summed E-state index contributed by atoms with van der Waals surface area (Å²) in [5.74, 6) is 0. The summed E-state index contributed by atoms with van der Waals surface area (Å²) in [7, 11) is 0. The van der Waals surface area contributed by atoms with Gasteiger partial charge < -0.3 is 16.2 Å². The Labute approximate surface area is 54.0 Å². The van der Waals surface area contributed by atoms with Gasteiger partial charge in [0.25, 0.3) is 0 Å². The van der Waals surface area contributed by atoms with Crippen LogP contribution in [0.25, 0.3) is 0 Å². The van der Waals surface area contributed by atoms with Gasteiger partial charge in [-0.2, -0.15) is 0 Å². The number of nitrogens with two attached hydrogens (primary N) is 1. The summed E-state index contributed by atoms with van der Waals surface area (Å²) in [6.07, 6.45) is 0.545. The minimum Gasteiger partial charge on any atom is -0.396 e. The van der Waals surface area contributed by atoms with Crippen LogP contribution in [0.5, 0.6) is 0 Å². The maximum atomic E-state index is 10.1. The number of urea groups is 1. The molecule has 0 heterocycles. The molecule has 0 saturated heterocycles. The number of hydrogen-bond acceptors (Lipinski definition) is 2. The van der Waals surface area contributed by atoms with E-state index in [1.807, 2.05) is 0 Å². The molecular formula is C5H12N2O2. The molecule has 4 N–H and O–H groups in total. The molecule has 0 radical (unpaired) electrons. The third-order valence-corrected chi connectivity index (χ3v) is 0.951. The van der Waals surface area contributed by atoms with Gasteiger partial charge in [-0.1, -0.05) is 0 Å². The molecule has 0 aliphatic rings. The third kappa shape index (κ3) is 5.10. The van der Waals surface area contributed by atoms with E-state index in [1.165, 1.54) is 0 Å². The zero-order chi connectivity index (χ0) is 7.28. The van der Waals surface area contributed by atoms with Gasteiger partial charge >= 0.3 is 6.03 Å². The number of carbonyl (C=O) groups excluding carboxylic acids is 1. The highest BCUT2D eigenvalue weighted by molar-refractivity contribution is 5.71. The number of rotatable bonds is 3. The van der Waals surface area contributed by atoms with Crippen LogP contribution in [0.4, 0.5) is 4.79 Å². The summed E-state index contributed by atoms with van der Waals surface area (Å²) in [6.45, 7) is 1.85. The molecule has 4 nitrogen and oxygen atoms in total. The molecule has 0 rings (SSSR count). The highest BCUT2D eigenvalue weighted by Gasteiger charge is 2.00. The molecule has 0 aromatic carbocycles. The summed E-state index contributed by atoms with van der Waals surface area (Å²) in [5, 5.41) is 10.8. The van der Waals surface area contributed by atoms with Crippen LogP contribution in [0.1, 0.15) is 13.3 Å². The Balaban J connectivity index is 3.26. The van der Waals surface area contributed by atoms with Crippen LogP contribution in [0.15, 0.2) is 0 Å². The standard InChI is InChI=1S/C5H12N2O2/c1-4(2-3-8)7-5(6)9/h4,8H,2-3H2,1H3,(H3,6,7,9). The largest absolute Gasteiger partial charge is 0.396 e. The SMILES string of the molecule is CC(CCO)NC(N)=O. The van der Waals surface area contributed by atoms with Crippen molar-refractivity contribution in [3.8, 4) is 0 Å². The number of primary amides is 1. The molecule has 9 heavy (non-hydrogen) atoms. The molecule has 0 saturated carbocycles. The molecule has 0 fully saturated rings. The van der Waals surface area contributed by atoms with E-state index >= 15 is 0 Å². The third-order valence-electron chi connectivity index (χ3n) is 0.951. The Hall–Kier alpha value is -0.770. The van der Waals surface area contributed by atoms with Crippen molar-refractivity contribution in [3.63, 3.8) is 0 Å². The fraction of sp³-hybridized carbons (Fsp3) is 0.800. The van der Waals surface area contributed by atoms with Gasteiger partial charge in [0.2, 0.25) is 0 Å². The Morgan fingerprint density at radius 3 is 2.78 bits per heavy atom. The summed E-state index contributed by atoms with van der Waals surface area (Å²) >= 11 is 0. The second-order valence-corrected chi connectivity index (χ2v) is 1.92. The lowest BCUT2D eigenvalue weighted by Gasteiger charge is -2.08. The fourth-order valence-corrected chi connectivity index (χ4v) is 0.509. The van der Waals surface area contributed by atoms with E-state index in [0.717, 1.165) is 0 Å². The Morgan fingerprint density at radius 1 is 1.89 bits per heavy atom. The van der Waals surface area contributed by atoms with Crippen LogP contribution in [0, 0.1) is 0 Å². The monoisotopic (exact) mass is 132 g/mol. The van der Waals surface area contributed by atoms with E-state index in [9.17, 15) is 4.79 Å². The molecule has 0 aromatic rings. The van der Waals surface area contributed by atoms with Crippen molar-refractivity contribution in [1.29, 1.82) is 0 Å². The van der Waals surface area contributed by atoms with E-state index in [0.29, 0.717) is 6.42 Å². The summed E-state index contributed by atoms with van der Waals surface area (Å²) in [5.41, 5.74) is 4.79. The van der Waals surface area contributed by atoms with E-state index in [-0.39, 0.29) is 12.6 Å². The van der Waals surface area contributed by atoms with E-state index in [4.69, 9.17) is 10.8 Å². The van der Waals surface area contributed by atoms with Gasteiger partial charge in [-0.15, -0.1) is 0 Å². The zero-order valence-electron chi connectivity index (χ0n) is 5.42. The first kappa shape index (κ1) is 8.23. The normalized spacial score (nSPS) is 12.7. The maximum Gasteiger partial charge on any atom is 0.312 e. The van der Waals surface area contributed by atoms with Crippen molar-refractivity contribution in [2.24, 2.45) is 5.73 Å². The van der Waals surface area contributed by atoms with Crippen molar-refractivity contribution >= 4 is 6.03 Å². The smallest absolute Gasteiger partial charge is 0.312 e. The Kier molecular flexibility index (Phi) is 3.79. The lowest BCUT2D eigenvalue weighted by Crippen LogP contribution is -2.37. The fourth-order valence-electron chi connectivity index (χ4n) is 0.509. The van der Waals surface area contributed by atoms with Crippen LogP contribution >= 0.6 is 0 Å². The molecule has 1 unspecified atom stereocenters. The highest BCUT2D eigenvalue weighted by Crippen LogP contribution is 1.85. The molecular weight excluding hydrogens is 120 g/mol. The lowest BCUT2D eigenvalue weighted by molar-refractivity contribution is 0.238. The Bertz CT molecular complexity index is 95.0. The van der Waals surface area contributed by atoms with E-state index < -0.39 is 6.03 Å². The summed E-state index contributed by atoms with van der Waals surface area (Å²) in [6, 6.07) is -0.580. The molecule has 2 amide bonds. The van der Waals surface area contributed by atoms with Crippen molar-refractivity contribution < 1.29 is 9.90 Å². The van der Waals surface area contributed by atoms with E-state index in [1.54, 1.807) is 6.92 Å². The van der Waals surface area contributed by atoms with Crippen LogP contribution in [-0.4, -0.2) is 23.8 Å². The van der Waals surface area contributed by atoms with E-state index in [2.05, 4.69) is 5.32 Å². The average Bonchev–Trinajstić information content (AvgIpc) is 1.63. The quantitative estimate of drug-likeness (QED) is 0.480. The molecule has 0 spiro atoms. The van der Waals surface area contributed by atoms with Crippen LogP contribution in [0.2, 0.25) is 0 Å². The first-order chi connectivity index (χ1) is 4.16. The van der Waals surface area contributed by atoms with Crippen molar-refractivity contribution in [2.45, 2.75) is 19.4 Å². The minimum atomic E-state index is -0.545. The van der Waals surface area contributed by atoms with Gasteiger partial charge in [-0.3, -0.25) is 0 Å². The van der Waals surface area contributed by atoms with Gasteiger partial charge in [-0.05, 0) is 13.3 Å². The predicted molar refractivity (Wildman–Crippen MR) is 33.9 cm³/mol. The first-order valence-electron chi connectivity index (χ1n) is 2.83. The Morgan fingerprint density at radius 2 is 2.44 bits per heavy atom. The molecule has 1 atom stereocenters. The minimum absolute atomic E-state index is 0.0347. The van der Waals surface area contributed by atoms with Crippen LogP contribution < -0.4 is 11.1 Å². The molecule has 0 aliphatic carbocycles. The van der Waals surface area contributed by atoms with Crippen LogP contribution in [0.3, 0.4) is 0 Å². The molecule has 0 bridgehead atoms. The lowest BCUT2D eigenvalue weighted by atomic mass is 10.2. The highest BCUT2D eigenvalue weighted by atomic mass is 16.3. The van der Waals surface area contributed by atoms with Gasteiger partial charge in [0.15, 0.2) is 0 Å². The second-order valence-electron chi connectivity index (χ2n) is 1.92. The number of aliphatic hydroxyl groups is 1. The second kappa shape index (κ2) is 4.14. The van der Waals surface area contributed by atoms with Gasteiger partial charge in [0.05, 0.1) is 0 Å². The van der Waals surface area contributed by atoms with Crippen molar-refractivity contribution in [3.05, 3.63) is 0 Å². The molecule has 0 aromatic heterocycles. The molecule has 4 heteroatoms. The van der Waals surface area contributed by atoms with Gasteiger partial charge in [0, 0.05) is 12.6 Å². The first-order valence-corrected chi connectivity index (χ1v) is 2.83. The van der Waals surface area contributed by atoms with Gasteiger partial charge in [0.1, 0.15) is 0 Å². The maximum absolute atomic E-state index is 10.1. The summed E-state index contributed by atoms with van der Waals surface area (Å²) in [4.78, 5) is 10.1. The number of carbonyl (C=O) groups is 1. The number of amides is 2.